The Labute approximate surface area is 560 Å². The molecule has 2 aromatic rings. The zero-order chi connectivity index (χ0) is 68.8. The van der Waals surface area contributed by atoms with Gasteiger partial charge in [0.05, 0.1) is 87.0 Å². The van der Waals surface area contributed by atoms with Gasteiger partial charge in [-0.3, -0.25) is 38.5 Å². The highest BCUT2D eigenvalue weighted by molar-refractivity contribution is 9.09. The second-order valence-corrected chi connectivity index (χ2v) is 25.8. The highest BCUT2D eigenvalue weighted by atomic mass is 79.9. The number of carbonyl (C=O) groups excluding carboxylic acids is 8. The number of amides is 9. The number of nitrogens with one attached hydrogen (secondary N) is 6. The molecule has 1 aliphatic rings. The van der Waals surface area contributed by atoms with Crippen LogP contribution in [0.2, 0.25) is 0 Å². The molecular formula is C62H104Br2N16O12. The first kappa shape index (κ1) is 80.2. The van der Waals surface area contributed by atoms with Crippen molar-refractivity contribution in [2.45, 2.75) is 185 Å². The third-order valence-electron chi connectivity index (χ3n) is 16.6. The Hall–Kier alpha value is -6.01. The number of hydrogen-bond donors (Lipinski definition) is 7. The Morgan fingerprint density at radius 3 is 1.97 bits per heavy atom. The lowest BCUT2D eigenvalue weighted by Crippen LogP contribution is -2.59. The number of halogens is 2. The Balaban J connectivity index is 1.67. The average molecular weight is 1430 g/mol. The number of ether oxygens (including phenoxy) is 4. The van der Waals surface area contributed by atoms with E-state index in [2.05, 4.69) is 84.0 Å². The fraction of sp³-hybridized carbons (Fsp3) is 0.742. The molecule has 0 radical (unpaired) electrons. The number of nitrogens with zero attached hydrogens (tertiary/aromatic N) is 9. The third-order valence-corrected chi connectivity index (χ3v) is 17.6. The van der Waals surface area contributed by atoms with Gasteiger partial charge in [-0.1, -0.05) is 118 Å². The molecule has 518 valence electrons. The van der Waals surface area contributed by atoms with Crippen molar-refractivity contribution in [3.63, 3.8) is 0 Å². The summed E-state index contributed by atoms with van der Waals surface area (Å²) in [6.45, 7) is 18.9. The van der Waals surface area contributed by atoms with Gasteiger partial charge in [0.2, 0.25) is 41.4 Å². The standard InChI is InChI=1S/C62H104Br2N16O12/c1-15-40(8)55(78(12)61(87)53(38(4)5)73-60(86)54(39(6)7)77(10)11)49(89-13)33-51(82)79-26-17-19-48(79)56(90-14)41(9)57(83)70-44(36-68-76-66)32-42-20-22-43(23-21-42)69-58(84)45(18-16-25-67-62(65)88)71-59(85)52(37(2)3)72-50(81)24-28-91-30-31-92-29-27-80-74-46(34-63)47(35-64)75-80/h20-23,37-41,44-45,48-49,52-56H,15-19,24-36H2,1-14H3,(H,69,84)(H,70,83)(H,71,85)(H,72,81)(H,73,86)(H3,65,67,88)/t40-,41+,44-,45-,48-,49+,52-,53-,54-,55-,56+/m0/s1. The van der Waals surface area contributed by atoms with Crippen LogP contribution in [0.15, 0.2) is 29.4 Å². The van der Waals surface area contributed by atoms with E-state index in [1.807, 2.05) is 60.5 Å². The van der Waals surface area contributed by atoms with Crippen molar-refractivity contribution in [2.24, 2.45) is 40.4 Å². The number of nitrogens with two attached hydrogens (primary N) is 1. The number of primary amides is 1. The van der Waals surface area contributed by atoms with Gasteiger partial charge in [0.1, 0.15) is 18.1 Å². The lowest BCUT2D eigenvalue weighted by Gasteiger charge is -2.41. The number of aromatic nitrogens is 3. The molecule has 1 saturated heterocycles. The van der Waals surface area contributed by atoms with Crippen LogP contribution in [-0.4, -0.2) is 213 Å². The topological polar surface area (TPSA) is 361 Å². The van der Waals surface area contributed by atoms with Crippen molar-refractivity contribution in [3.05, 3.63) is 51.7 Å². The number of hydrogen-bond acceptors (Lipinski definition) is 16. The molecular weight excluding hydrogens is 1320 g/mol. The highest BCUT2D eigenvalue weighted by Gasteiger charge is 2.44. The van der Waals surface area contributed by atoms with Crippen molar-refractivity contribution in [1.82, 2.24) is 56.3 Å². The summed E-state index contributed by atoms with van der Waals surface area (Å²) < 4.78 is 23.4. The molecule has 9 amide bonds. The summed E-state index contributed by atoms with van der Waals surface area (Å²) in [5, 5.41) is 30.8. The Morgan fingerprint density at radius 1 is 0.793 bits per heavy atom. The maximum atomic E-state index is 14.5. The van der Waals surface area contributed by atoms with Crippen LogP contribution in [0, 0.1) is 29.6 Å². The predicted molar refractivity (Wildman–Crippen MR) is 357 cm³/mol. The fourth-order valence-corrected chi connectivity index (χ4v) is 12.3. The van der Waals surface area contributed by atoms with E-state index >= 15 is 0 Å². The van der Waals surface area contributed by atoms with Crippen LogP contribution in [0.4, 0.5) is 10.5 Å². The van der Waals surface area contributed by atoms with Crippen molar-refractivity contribution >= 4 is 84.9 Å². The van der Waals surface area contributed by atoms with Crippen LogP contribution >= 0.6 is 31.9 Å². The van der Waals surface area contributed by atoms with Crippen molar-refractivity contribution < 1.29 is 57.3 Å². The molecule has 1 aromatic carbocycles. The maximum absolute atomic E-state index is 14.5. The molecule has 1 aliphatic heterocycles. The minimum Gasteiger partial charge on any atom is -0.379 e. The van der Waals surface area contributed by atoms with Gasteiger partial charge in [0.15, 0.2) is 0 Å². The van der Waals surface area contributed by atoms with Crippen LogP contribution < -0.4 is 37.6 Å². The quantitative estimate of drug-likeness (QED) is 0.0148. The smallest absolute Gasteiger partial charge is 0.312 e. The summed E-state index contributed by atoms with van der Waals surface area (Å²) in [4.78, 5) is 119. The lowest BCUT2D eigenvalue weighted by molar-refractivity contribution is -0.148. The van der Waals surface area contributed by atoms with Crippen LogP contribution in [0.3, 0.4) is 0 Å². The molecule has 2 heterocycles. The Kier molecular flexibility index (Phi) is 36.3. The van der Waals surface area contributed by atoms with Gasteiger partial charge in [-0.2, -0.15) is 15.0 Å². The predicted octanol–water partition coefficient (Wildman–Crippen LogP) is 5.19. The monoisotopic (exact) mass is 1420 g/mol. The normalized spacial score (nSPS) is 16.5. The minimum absolute atomic E-state index is 0.00269. The van der Waals surface area contributed by atoms with E-state index in [-0.39, 0.29) is 106 Å². The van der Waals surface area contributed by atoms with E-state index in [1.54, 1.807) is 66.7 Å². The van der Waals surface area contributed by atoms with Gasteiger partial charge in [-0.15, -0.1) is 0 Å². The summed E-state index contributed by atoms with van der Waals surface area (Å²) in [5.74, 6) is -4.19. The van der Waals surface area contributed by atoms with E-state index < -0.39 is 90.1 Å². The molecule has 8 N–H and O–H groups in total. The molecule has 3 rings (SSSR count). The Bertz CT molecular complexity index is 2670. The number of urea groups is 1. The number of likely N-dealkylation sites (N-methyl/N-ethyl adjacent to an activating group) is 2. The van der Waals surface area contributed by atoms with Gasteiger partial charge in [0.25, 0.3) is 0 Å². The van der Waals surface area contributed by atoms with Gasteiger partial charge >= 0.3 is 6.03 Å². The van der Waals surface area contributed by atoms with Crippen LogP contribution in [-0.2, 0) is 76.1 Å². The van der Waals surface area contributed by atoms with Gasteiger partial charge in [-0.05, 0) is 93.1 Å². The first-order valence-electron chi connectivity index (χ1n) is 31.8. The first-order valence-corrected chi connectivity index (χ1v) is 34.1. The summed E-state index contributed by atoms with van der Waals surface area (Å²) in [6, 6.07) is 0.981. The highest BCUT2D eigenvalue weighted by Crippen LogP contribution is 2.30. The number of anilines is 1. The molecule has 1 fully saturated rings. The van der Waals surface area contributed by atoms with Crippen molar-refractivity contribution in [3.8, 4) is 0 Å². The number of benzene rings is 1. The molecule has 92 heavy (non-hydrogen) atoms. The number of alkyl halides is 2. The SMILES string of the molecule is CC[C@H](C)[C@@H]([C@@H](CC(=O)N1CCC[C@H]1[C@H](OC)[C@@H](C)C(=O)N[C@H](CN=[N+]=[N-])Cc1ccc(NC(=O)[C@H](CCCNC(N)=O)NC(=O)[C@@H](NC(=O)CCOCCOCCn2nc(CBr)c(CBr)n2)C(C)C)cc1)OC)N(C)C(=O)[C@@H](NC(=O)[C@H](C(C)C)N(C)C)C(C)C. The van der Waals surface area contributed by atoms with Gasteiger partial charge in [-0.25, -0.2) is 4.79 Å². The first-order chi connectivity index (χ1) is 43.7. The fourth-order valence-electron chi connectivity index (χ4n) is 11.5. The summed E-state index contributed by atoms with van der Waals surface area (Å²) in [6.07, 6.45) is 0.962. The van der Waals surface area contributed by atoms with Gasteiger partial charge < -0.3 is 66.4 Å². The number of methoxy groups -OCH3 is 2. The van der Waals surface area contributed by atoms with E-state index in [1.165, 1.54) is 14.2 Å². The average Bonchev–Trinajstić information content (AvgIpc) is 1.37. The Morgan fingerprint density at radius 2 is 1.42 bits per heavy atom. The molecule has 0 unspecified atom stereocenters. The zero-order valence-electron chi connectivity index (χ0n) is 56.4. The summed E-state index contributed by atoms with van der Waals surface area (Å²) in [5.41, 5.74) is 17.4. The molecule has 0 bridgehead atoms. The number of azide groups is 1. The number of rotatable bonds is 43. The second kappa shape index (κ2) is 41.6. The van der Waals surface area contributed by atoms with Crippen molar-refractivity contribution in [1.29, 1.82) is 0 Å². The minimum atomic E-state index is -1.10. The van der Waals surface area contributed by atoms with Gasteiger partial charge in [0, 0.05) is 74.6 Å². The number of carbonyl (C=O) groups is 8. The maximum Gasteiger partial charge on any atom is 0.312 e. The number of likely N-dealkylation sites (tertiary alicyclic amines) is 1. The molecule has 28 nitrogen and oxygen atoms in total. The van der Waals surface area contributed by atoms with E-state index in [0.29, 0.717) is 55.3 Å². The van der Waals surface area contributed by atoms with E-state index in [9.17, 15) is 43.9 Å². The lowest BCUT2D eigenvalue weighted by atomic mass is 9.89. The molecule has 0 aliphatic carbocycles. The molecule has 1 aromatic heterocycles. The van der Waals surface area contributed by atoms with Crippen LogP contribution in [0.1, 0.15) is 124 Å². The third kappa shape index (κ3) is 25.7. The van der Waals surface area contributed by atoms with Crippen LogP contribution in [0.5, 0.6) is 0 Å². The molecule has 11 atom stereocenters. The molecule has 0 spiro atoms. The van der Waals surface area contributed by atoms with Crippen molar-refractivity contribution in [2.75, 3.05) is 86.7 Å². The largest absolute Gasteiger partial charge is 0.379 e. The van der Waals surface area contributed by atoms with Crippen LogP contribution in [0.25, 0.3) is 10.4 Å². The van der Waals surface area contributed by atoms with E-state index in [4.69, 9.17) is 24.7 Å². The molecule has 0 saturated carbocycles. The molecule has 30 heteroatoms. The summed E-state index contributed by atoms with van der Waals surface area (Å²) >= 11 is 6.82. The van der Waals surface area contributed by atoms with E-state index in [0.717, 1.165) is 17.0 Å². The summed E-state index contributed by atoms with van der Waals surface area (Å²) in [7, 11) is 8.40. The zero-order valence-corrected chi connectivity index (χ0v) is 59.5. The second-order valence-electron chi connectivity index (χ2n) is 24.7.